The minimum absolute atomic E-state index is 0.0655. The van der Waals surface area contributed by atoms with Crippen molar-refractivity contribution in [1.29, 1.82) is 0 Å². The lowest BCUT2D eigenvalue weighted by Crippen LogP contribution is -2.50. The lowest BCUT2D eigenvalue weighted by atomic mass is 9.75. The largest absolute Gasteiger partial charge is 0.493 e. The molecule has 0 bridgehead atoms. The predicted molar refractivity (Wildman–Crippen MR) is 136 cm³/mol. The van der Waals surface area contributed by atoms with Gasteiger partial charge < -0.3 is 24.6 Å². The third-order valence-corrected chi connectivity index (χ3v) is 7.31. The van der Waals surface area contributed by atoms with E-state index >= 15 is 0 Å². The quantitative estimate of drug-likeness (QED) is 0.562. The number of ether oxygens (including phenoxy) is 2. The zero-order chi connectivity index (χ0) is 24.9. The van der Waals surface area contributed by atoms with E-state index in [1.54, 1.807) is 20.3 Å². The summed E-state index contributed by atoms with van der Waals surface area (Å²) in [6.07, 6.45) is 3.07. The Morgan fingerprint density at radius 3 is 2.54 bits per heavy atom. The molecule has 2 heterocycles. The molecular weight excluding hydrogens is 442 g/mol. The Morgan fingerprint density at radius 1 is 1.09 bits per heavy atom. The van der Waals surface area contributed by atoms with Gasteiger partial charge in [-0.15, -0.1) is 0 Å². The molecule has 0 fully saturated rings. The number of carbonyl (C=O) groups is 2. The molecule has 0 saturated heterocycles. The third-order valence-electron chi connectivity index (χ3n) is 7.31. The van der Waals surface area contributed by atoms with Crippen LogP contribution in [0.3, 0.4) is 0 Å². The van der Waals surface area contributed by atoms with Gasteiger partial charge in [0.25, 0.3) is 5.91 Å². The molecule has 0 unspecified atom stereocenters. The van der Waals surface area contributed by atoms with Crippen LogP contribution in [-0.4, -0.2) is 68.6 Å². The molecule has 0 aliphatic carbocycles. The van der Waals surface area contributed by atoms with Crippen LogP contribution in [0.1, 0.15) is 65.7 Å². The van der Waals surface area contributed by atoms with Gasteiger partial charge in [0, 0.05) is 25.2 Å². The Kier molecular flexibility index (Phi) is 7.96. The lowest BCUT2D eigenvalue weighted by molar-refractivity contribution is -0.124. The first-order valence-electron chi connectivity index (χ1n) is 12.7. The van der Waals surface area contributed by atoms with Crippen LogP contribution in [0.25, 0.3) is 0 Å². The van der Waals surface area contributed by atoms with Crippen molar-refractivity contribution in [2.24, 2.45) is 0 Å². The highest BCUT2D eigenvalue weighted by molar-refractivity contribution is 6.02. The summed E-state index contributed by atoms with van der Waals surface area (Å²) in [5.74, 6) is 0.343. The Balaban J connectivity index is 1.70. The Morgan fingerprint density at radius 2 is 1.83 bits per heavy atom. The number of methoxy groups -OCH3 is 2. The van der Waals surface area contributed by atoms with Crippen LogP contribution in [0, 0.1) is 0 Å². The molecule has 0 radical (unpaired) electrons. The number of nitrogens with zero attached hydrogens (tertiary/aromatic N) is 2. The highest BCUT2D eigenvalue weighted by atomic mass is 16.5. The zero-order valence-corrected chi connectivity index (χ0v) is 21.3. The SMILES string of the molecule is CCCCN(CC)CCNC(=O)[C@@H]1c2cc(OC)c(OC)cc2C(=O)N2CCc3ccccc3[C@H]12. The van der Waals surface area contributed by atoms with Crippen LogP contribution in [0.15, 0.2) is 36.4 Å². The van der Waals surface area contributed by atoms with Crippen molar-refractivity contribution >= 4 is 11.8 Å². The number of unbranched alkanes of at least 4 members (excludes halogenated alkanes) is 1. The van der Waals surface area contributed by atoms with E-state index in [9.17, 15) is 9.59 Å². The van der Waals surface area contributed by atoms with E-state index in [-0.39, 0.29) is 17.9 Å². The first-order chi connectivity index (χ1) is 17.0. The van der Waals surface area contributed by atoms with Crippen molar-refractivity contribution in [3.05, 3.63) is 58.7 Å². The molecule has 188 valence electrons. The van der Waals surface area contributed by atoms with E-state index in [4.69, 9.17) is 9.47 Å². The second kappa shape index (κ2) is 11.1. The van der Waals surface area contributed by atoms with Crippen molar-refractivity contribution in [2.45, 2.75) is 45.1 Å². The van der Waals surface area contributed by atoms with Gasteiger partial charge in [-0.3, -0.25) is 9.59 Å². The summed E-state index contributed by atoms with van der Waals surface area (Å²) in [6, 6.07) is 11.3. The maximum Gasteiger partial charge on any atom is 0.254 e. The van der Waals surface area contributed by atoms with Gasteiger partial charge in [-0.25, -0.2) is 0 Å². The molecule has 2 amide bonds. The molecular formula is C28H37N3O4. The molecule has 2 aromatic carbocycles. The number of carbonyl (C=O) groups excluding carboxylic acids is 2. The van der Waals surface area contributed by atoms with E-state index < -0.39 is 5.92 Å². The van der Waals surface area contributed by atoms with Crippen LogP contribution in [-0.2, 0) is 11.2 Å². The number of hydrogen-bond donors (Lipinski definition) is 1. The number of hydrogen-bond acceptors (Lipinski definition) is 5. The molecule has 2 aliphatic rings. The Bertz CT molecular complexity index is 1070. The monoisotopic (exact) mass is 479 g/mol. The fourth-order valence-electron chi connectivity index (χ4n) is 5.39. The van der Waals surface area contributed by atoms with Crippen molar-refractivity contribution in [2.75, 3.05) is 46.9 Å². The molecule has 0 saturated carbocycles. The van der Waals surface area contributed by atoms with E-state index in [1.807, 2.05) is 23.1 Å². The number of rotatable bonds is 10. The summed E-state index contributed by atoms with van der Waals surface area (Å²) < 4.78 is 11.0. The maximum absolute atomic E-state index is 13.8. The summed E-state index contributed by atoms with van der Waals surface area (Å²) in [4.78, 5) is 31.7. The molecule has 7 heteroatoms. The third kappa shape index (κ3) is 4.87. The molecule has 0 aromatic heterocycles. The average molecular weight is 480 g/mol. The molecule has 2 atom stereocenters. The van der Waals surface area contributed by atoms with Crippen LogP contribution in [0.4, 0.5) is 0 Å². The van der Waals surface area contributed by atoms with E-state index in [0.29, 0.717) is 35.7 Å². The fourth-order valence-corrected chi connectivity index (χ4v) is 5.39. The van der Waals surface area contributed by atoms with Gasteiger partial charge in [0.15, 0.2) is 11.5 Å². The van der Waals surface area contributed by atoms with E-state index in [0.717, 1.165) is 44.5 Å². The summed E-state index contributed by atoms with van der Waals surface area (Å²) in [5, 5.41) is 3.19. The Hall–Kier alpha value is -3.06. The standard InChI is InChI=1S/C28H37N3O4/c1-5-7-14-30(6-2)16-13-29-27(32)25-21-17-23(34-3)24(35-4)18-22(21)28(33)31-15-12-19-10-8-9-11-20(19)26(25)31/h8-11,17-18,25-26H,5-7,12-16H2,1-4H3,(H,29,32)/t25-,26-/m1/s1. The molecule has 2 aromatic rings. The molecule has 35 heavy (non-hydrogen) atoms. The number of likely N-dealkylation sites (N-methyl/N-ethyl adjacent to an activating group) is 1. The molecule has 2 aliphatic heterocycles. The number of nitrogens with one attached hydrogen (secondary N) is 1. The second-order valence-electron chi connectivity index (χ2n) is 9.24. The summed E-state index contributed by atoms with van der Waals surface area (Å²) in [6.45, 7) is 8.28. The number of fused-ring (bicyclic) bond motifs is 4. The van der Waals surface area contributed by atoms with Crippen LogP contribution in [0.2, 0.25) is 0 Å². The number of amides is 2. The minimum Gasteiger partial charge on any atom is -0.493 e. The van der Waals surface area contributed by atoms with Gasteiger partial charge in [0.2, 0.25) is 5.91 Å². The first-order valence-corrected chi connectivity index (χ1v) is 12.7. The van der Waals surface area contributed by atoms with Crippen LogP contribution >= 0.6 is 0 Å². The van der Waals surface area contributed by atoms with E-state index in [2.05, 4.69) is 36.2 Å². The maximum atomic E-state index is 13.8. The van der Waals surface area contributed by atoms with E-state index in [1.165, 1.54) is 5.56 Å². The highest BCUT2D eigenvalue weighted by Gasteiger charge is 2.46. The van der Waals surface area contributed by atoms with Gasteiger partial charge >= 0.3 is 0 Å². The van der Waals surface area contributed by atoms with Gasteiger partial charge in [0.05, 0.1) is 26.2 Å². The Labute approximate surface area is 208 Å². The van der Waals surface area contributed by atoms with Crippen molar-refractivity contribution in [3.63, 3.8) is 0 Å². The van der Waals surface area contributed by atoms with Crippen molar-refractivity contribution in [1.82, 2.24) is 15.1 Å². The minimum atomic E-state index is -0.533. The van der Waals surface area contributed by atoms with Crippen molar-refractivity contribution < 1.29 is 19.1 Å². The normalized spacial score (nSPS) is 18.5. The predicted octanol–water partition coefficient (Wildman–Crippen LogP) is 3.78. The van der Waals surface area contributed by atoms with Gasteiger partial charge in [0.1, 0.15) is 0 Å². The zero-order valence-electron chi connectivity index (χ0n) is 21.3. The smallest absolute Gasteiger partial charge is 0.254 e. The van der Waals surface area contributed by atoms with Gasteiger partial charge in [-0.05, 0) is 54.8 Å². The topological polar surface area (TPSA) is 71.1 Å². The second-order valence-corrected chi connectivity index (χ2v) is 9.24. The molecule has 7 nitrogen and oxygen atoms in total. The molecule has 0 spiro atoms. The van der Waals surface area contributed by atoms with Crippen LogP contribution in [0.5, 0.6) is 11.5 Å². The van der Waals surface area contributed by atoms with Crippen LogP contribution < -0.4 is 14.8 Å². The fraction of sp³-hybridized carbons (Fsp3) is 0.500. The van der Waals surface area contributed by atoms with Gasteiger partial charge in [-0.1, -0.05) is 44.5 Å². The molecule has 4 rings (SSSR count). The summed E-state index contributed by atoms with van der Waals surface area (Å²) >= 11 is 0. The average Bonchev–Trinajstić information content (AvgIpc) is 2.89. The summed E-state index contributed by atoms with van der Waals surface area (Å²) in [7, 11) is 3.13. The van der Waals surface area contributed by atoms with Crippen molar-refractivity contribution in [3.8, 4) is 11.5 Å². The number of benzene rings is 2. The summed E-state index contributed by atoms with van der Waals surface area (Å²) in [5.41, 5.74) is 3.45. The van der Waals surface area contributed by atoms with Gasteiger partial charge in [-0.2, -0.15) is 0 Å². The lowest BCUT2D eigenvalue weighted by Gasteiger charge is -2.45. The first kappa shape index (κ1) is 25.0. The molecule has 1 N–H and O–H groups in total. The highest BCUT2D eigenvalue weighted by Crippen LogP contribution is 2.48.